The monoisotopic (exact) mass is 416 g/mol. The molecule has 0 N–H and O–H groups in total. The molecular formula is C24H33FN2O3. The van der Waals surface area contributed by atoms with Gasteiger partial charge in [-0.3, -0.25) is 4.79 Å². The molecule has 0 aliphatic carbocycles. The smallest absolute Gasteiger partial charge is 0.227 e. The van der Waals surface area contributed by atoms with Crippen LogP contribution in [0.5, 0.6) is 11.5 Å². The normalized spacial score (nSPS) is 10.9. The third-order valence-corrected chi connectivity index (χ3v) is 4.72. The summed E-state index contributed by atoms with van der Waals surface area (Å²) in [6, 6.07) is 11.9. The summed E-state index contributed by atoms with van der Waals surface area (Å²) in [4.78, 5) is 17.0. The molecule has 5 nitrogen and oxygen atoms in total. The van der Waals surface area contributed by atoms with Gasteiger partial charge in [0.1, 0.15) is 5.82 Å². The average Bonchev–Trinajstić information content (AvgIpc) is 2.73. The van der Waals surface area contributed by atoms with Gasteiger partial charge in [-0.1, -0.05) is 25.1 Å². The Morgan fingerprint density at radius 3 is 2.33 bits per heavy atom. The Morgan fingerprint density at radius 1 is 1.00 bits per heavy atom. The van der Waals surface area contributed by atoms with E-state index in [4.69, 9.17) is 9.47 Å². The van der Waals surface area contributed by atoms with E-state index in [0.717, 1.165) is 30.5 Å². The van der Waals surface area contributed by atoms with Crippen LogP contribution in [0.1, 0.15) is 30.9 Å². The van der Waals surface area contributed by atoms with Crippen molar-refractivity contribution < 1.29 is 18.7 Å². The molecule has 0 unspecified atom stereocenters. The molecule has 0 heterocycles. The van der Waals surface area contributed by atoms with Gasteiger partial charge in [0.2, 0.25) is 5.91 Å². The number of halogens is 1. The molecule has 0 saturated carbocycles. The number of benzene rings is 2. The van der Waals surface area contributed by atoms with Gasteiger partial charge in [-0.2, -0.15) is 0 Å². The fraction of sp³-hybridized carbons (Fsp3) is 0.458. The van der Waals surface area contributed by atoms with Gasteiger partial charge >= 0.3 is 0 Å². The molecular weight excluding hydrogens is 383 g/mol. The molecule has 6 heteroatoms. The first kappa shape index (κ1) is 23.7. The molecule has 0 atom stereocenters. The molecule has 0 saturated heterocycles. The summed E-state index contributed by atoms with van der Waals surface area (Å²) in [6.45, 7) is 4.71. The van der Waals surface area contributed by atoms with Crippen LogP contribution in [0.25, 0.3) is 0 Å². The van der Waals surface area contributed by atoms with Crippen molar-refractivity contribution in [2.45, 2.75) is 32.7 Å². The summed E-state index contributed by atoms with van der Waals surface area (Å²) in [6.07, 6.45) is 2.04. The maximum atomic E-state index is 13.2. The fourth-order valence-corrected chi connectivity index (χ4v) is 3.12. The van der Waals surface area contributed by atoms with Gasteiger partial charge in [0, 0.05) is 13.1 Å². The number of hydrogen-bond donors (Lipinski definition) is 0. The van der Waals surface area contributed by atoms with Crippen LogP contribution in [0.2, 0.25) is 0 Å². The Bertz CT molecular complexity index is 794. The van der Waals surface area contributed by atoms with Crippen molar-refractivity contribution in [2.24, 2.45) is 0 Å². The molecule has 0 fully saturated rings. The van der Waals surface area contributed by atoms with Crippen LogP contribution in [-0.2, 0) is 17.8 Å². The second kappa shape index (κ2) is 12.2. The lowest BCUT2D eigenvalue weighted by Crippen LogP contribution is -2.34. The van der Waals surface area contributed by atoms with Gasteiger partial charge in [-0.15, -0.1) is 0 Å². The minimum Gasteiger partial charge on any atom is -0.493 e. The second-order valence-corrected chi connectivity index (χ2v) is 7.61. The first-order valence-corrected chi connectivity index (χ1v) is 10.4. The van der Waals surface area contributed by atoms with E-state index in [2.05, 4.69) is 11.8 Å². The molecule has 0 spiro atoms. The van der Waals surface area contributed by atoms with Crippen molar-refractivity contribution in [3.8, 4) is 11.5 Å². The number of nitrogens with zero attached hydrogens (tertiary/aromatic N) is 2. The lowest BCUT2D eigenvalue weighted by Gasteiger charge is -2.24. The summed E-state index contributed by atoms with van der Waals surface area (Å²) >= 11 is 0. The SMILES string of the molecule is CCCOc1ccc(CN(CCCN(C)C)C(=O)Cc2ccc(F)cc2)cc1OC. The fourth-order valence-electron chi connectivity index (χ4n) is 3.12. The number of methoxy groups -OCH3 is 1. The second-order valence-electron chi connectivity index (χ2n) is 7.61. The van der Waals surface area contributed by atoms with Gasteiger partial charge < -0.3 is 19.3 Å². The lowest BCUT2D eigenvalue weighted by molar-refractivity contribution is -0.131. The molecule has 0 aromatic heterocycles. The van der Waals surface area contributed by atoms with E-state index in [1.807, 2.05) is 37.2 Å². The van der Waals surface area contributed by atoms with Crippen molar-refractivity contribution in [3.63, 3.8) is 0 Å². The van der Waals surface area contributed by atoms with Crippen molar-refractivity contribution >= 4 is 5.91 Å². The van der Waals surface area contributed by atoms with Gasteiger partial charge in [-0.05, 0) is 68.9 Å². The van der Waals surface area contributed by atoms with E-state index < -0.39 is 0 Å². The van der Waals surface area contributed by atoms with E-state index in [0.29, 0.717) is 31.2 Å². The molecule has 2 aromatic rings. The highest BCUT2D eigenvalue weighted by molar-refractivity contribution is 5.78. The molecule has 30 heavy (non-hydrogen) atoms. The van der Waals surface area contributed by atoms with Gasteiger partial charge in [-0.25, -0.2) is 4.39 Å². The van der Waals surface area contributed by atoms with Crippen LogP contribution < -0.4 is 9.47 Å². The van der Waals surface area contributed by atoms with Crippen molar-refractivity contribution in [3.05, 3.63) is 59.4 Å². The number of ether oxygens (including phenoxy) is 2. The molecule has 0 aliphatic heterocycles. The Kier molecular flexibility index (Phi) is 9.61. The highest BCUT2D eigenvalue weighted by Crippen LogP contribution is 2.29. The molecule has 164 valence electrons. The molecule has 0 aliphatic rings. The molecule has 0 bridgehead atoms. The molecule has 2 rings (SSSR count). The van der Waals surface area contributed by atoms with E-state index in [1.54, 1.807) is 19.2 Å². The Balaban J connectivity index is 2.13. The largest absolute Gasteiger partial charge is 0.493 e. The minimum atomic E-state index is -0.300. The third kappa shape index (κ3) is 7.67. The minimum absolute atomic E-state index is 0.0191. The third-order valence-electron chi connectivity index (χ3n) is 4.72. The van der Waals surface area contributed by atoms with E-state index >= 15 is 0 Å². The van der Waals surface area contributed by atoms with Crippen molar-refractivity contribution in [2.75, 3.05) is 40.9 Å². The number of hydrogen-bond acceptors (Lipinski definition) is 4. The van der Waals surface area contributed by atoms with Crippen molar-refractivity contribution in [1.82, 2.24) is 9.80 Å². The number of carbonyl (C=O) groups is 1. The number of rotatable bonds is 12. The predicted molar refractivity (Wildman–Crippen MR) is 117 cm³/mol. The van der Waals surface area contributed by atoms with Gasteiger partial charge in [0.05, 0.1) is 20.1 Å². The van der Waals surface area contributed by atoms with Crippen LogP contribution in [0.3, 0.4) is 0 Å². The Morgan fingerprint density at radius 2 is 1.70 bits per heavy atom. The number of amides is 1. The zero-order chi connectivity index (χ0) is 21.9. The van der Waals surface area contributed by atoms with E-state index in [1.165, 1.54) is 12.1 Å². The van der Waals surface area contributed by atoms with Crippen molar-refractivity contribution in [1.29, 1.82) is 0 Å². The van der Waals surface area contributed by atoms with Crippen LogP contribution in [-0.4, -0.2) is 56.6 Å². The molecule has 1 amide bonds. The maximum absolute atomic E-state index is 13.2. The Labute approximate surface area is 179 Å². The maximum Gasteiger partial charge on any atom is 0.227 e. The van der Waals surface area contributed by atoms with Crippen LogP contribution >= 0.6 is 0 Å². The first-order chi connectivity index (χ1) is 14.4. The predicted octanol–water partition coefficient (Wildman–Crippen LogP) is 4.15. The highest BCUT2D eigenvalue weighted by atomic mass is 19.1. The summed E-state index contributed by atoms with van der Waals surface area (Å²) in [5.41, 5.74) is 1.79. The first-order valence-electron chi connectivity index (χ1n) is 10.4. The average molecular weight is 417 g/mol. The van der Waals surface area contributed by atoms with Crippen LogP contribution in [0, 0.1) is 5.82 Å². The van der Waals surface area contributed by atoms with Crippen LogP contribution in [0.4, 0.5) is 4.39 Å². The lowest BCUT2D eigenvalue weighted by atomic mass is 10.1. The standard InChI is InChI=1S/C24H33FN2O3/c1-5-15-30-22-12-9-20(16-23(22)29-4)18-27(14-6-13-26(2)3)24(28)17-19-7-10-21(25)11-8-19/h7-12,16H,5-6,13-15,17-18H2,1-4H3. The summed E-state index contributed by atoms with van der Waals surface area (Å²) in [5, 5.41) is 0. The topological polar surface area (TPSA) is 42.0 Å². The zero-order valence-corrected chi connectivity index (χ0v) is 18.5. The highest BCUT2D eigenvalue weighted by Gasteiger charge is 2.16. The van der Waals surface area contributed by atoms with E-state index in [-0.39, 0.29) is 18.1 Å². The number of carbonyl (C=O) groups excluding carboxylic acids is 1. The molecule has 2 aromatic carbocycles. The Hall–Kier alpha value is -2.60. The summed E-state index contributed by atoms with van der Waals surface area (Å²) in [5.74, 6) is 1.09. The van der Waals surface area contributed by atoms with E-state index in [9.17, 15) is 9.18 Å². The quantitative estimate of drug-likeness (QED) is 0.521. The van der Waals surface area contributed by atoms with Crippen LogP contribution in [0.15, 0.2) is 42.5 Å². The molecule has 0 radical (unpaired) electrons. The summed E-state index contributed by atoms with van der Waals surface area (Å²) < 4.78 is 24.4. The summed E-state index contributed by atoms with van der Waals surface area (Å²) in [7, 11) is 5.65. The van der Waals surface area contributed by atoms with Gasteiger partial charge in [0.15, 0.2) is 11.5 Å². The van der Waals surface area contributed by atoms with Gasteiger partial charge in [0.25, 0.3) is 0 Å². The zero-order valence-electron chi connectivity index (χ0n) is 18.5.